The summed E-state index contributed by atoms with van der Waals surface area (Å²) in [6.45, 7) is 0. The van der Waals surface area contributed by atoms with E-state index in [1.807, 2.05) is 0 Å². The minimum Gasteiger partial charge on any atom is -0.208 e. The van der Waals surface area contributed by atoms with Gasteiger partial charge in [0, 0.05) is 36.9 Å². The van der Waals surface area contributed by atoms with E-state index < -0.39 is 0 Å². The van der Waals surface area contributed by atoms with E-state index in [9.17, 15) is 0 Å². The summed E-state index contributed by atoms with van der Waals surface area (Å²) in [4.78, 5) is 15.7. The number of aromatic nitrogens is 3. The number of rotatable bonds is 5. The van der Waals surface area contributed by atoms with E-state index in [0.717, 1.165) is 33.4 Å². The van der Waals surface area contributed by atoms with Gasteiger partial charge in [0.25, 0.3) is 0 Å². The Labute approximate surface area is 321 Å². The minimum atomic E-state index is 0.640. The highest BCUT2D eigenvalue weighted by molar-refractivity contribution is 7.26. The highest BCUT2D eigenvalue weighted by Crippen LogP contribution is 2.41. The van der Waals surface area contributed by atoms with Crippen LogP contribution in [0.3, 0.4) is 0 Å². The predicted molar refractivity (Wildman–Crippen MR) is 232 cm³/mol. The van der Waals surface area contributed by atoms with Gasteiger partial charge in [-0.1, -0.05) is 152 Å². The molecule has 11 aromatic rings. The zero-order valence-corrected chi connectivity index (χ0v) is 30.5. The largest absolute Gasteiger partial charge is 0.208 e. The molecule has 0 amide bonds. The number of hydrogen-bond donors (Lipinski definition) is 0. The van der Waals surface area contributed by atoms with Crippen molar-refractivity contribution in [1.82, 2.24) is 15.0 Å². The molecule has 0 N–H and O–H groups in total. The van der Waals surface area contributed by atoms with Crippen molar-refractivity contribution in [2.45, 2.75) is 0 Å². The molecular weight excluding hydrogens is 687 g/mol. The van der Waals surface area contributed by atoms with Crippen LogP contribution in [0.5, 0.6) is 0 Å². The monoisotopic (exact) mass is 717 g/mol. The van der Waals surface area contributed by atoms with E-state index in [4.69, 9.17) is 15.0 Å². The molecule has 0 saturated carbocycles. The molecule has 11 rings (SSSR count). The first-order chi connectivity index (χ1) is 27.2. The predicted octanol–water partition coefficient (Wildman–Crippen LogP) is 14.0. The molecule has 0 unspecified atom stereocenters. The first-order valence-electron chi connectivity index (χ1n) is 18.5. The molecule has 0 aliphatic rings. The second-order valence-electron chi connectivity index (χ2n) is 14.0. The fourth-order valence-electron chi connectivity index (χ4n) is 8.00. The lowest BCUT2D eigenvalue weighted by Crippen LogP contribution is -2.00. The molecule has 0 atom stereocenters. The molecule has 0 radical (unpaired) electrons. The Kier molecular flexibility index (Phi) is 7.35. The summed E-state index contributed by atoms with van der Waals surface area (Å²) in [5, 5.41) is 9.84. The lowest BCUT2D eigenvalue weighted by Gasteiger charge is -2.13. The number of thiophene rings is 1. The van der Waals surface area contributed by atoms with Crippen LogP contribution in [-0.2, 0) is 0 Å². The summed E-state index contributed by atoms with van der Waals surface area (Å²) in [6, 6.07) is 67.0. The standard InChI is InChI=1S/C51H31N3S/c1-2-13-33-28-35(27-26-32(33)12-1)34-15-9-17-38(29-34)49-52-50(54-51(53-49)45-24-11-23-44-43-22-7-8-25-47(43)55-48(44)45)39-18-10-16-36(30-39)46-31-37-14-3-4-19-40(37)41-20-5-6-21-42(41)46/h1-31H. The van der Waals surface area contributed by atoms with Crippen LogP contribution in [0.4, 0.5) is 0 Å². The Bertz CT molecular complexity index is 3290. The Morgan fingerprint density at radius 2 is 0.855 bits per heavy atom. The molecule has 0 saturated heterocycles. The molecule has 0 aliphatic heterocycles. The van der Waals surface area contributed by atoms with Crippen molar-refractivity contribution >= 4 is 63.8 Å². The average molecular weight is 718 g/mol. The first kappa shape index (κ1) is 31.5. The molecule has 55 heavy (non-hydrogen) atoms. The molecular formula is C51H31N3S. The second kappa shape index (κ2) is 12.8. The Hall–Kier alpha value is -7.01. The zero-order valence-electron chi connectivity index (χ0n) is 29.6. The van der Waals surface area contributed by atoms with Crippen LogP contribution in [0, 0.1) is 0 Å². The number of fused-ring (bicyclic) bond motifs is 7. The quantitative estimate of drug-likeness (QED) is 0.166. The summed E-state index contributed by atoms with van der Waals surface area (Å²) in [5.41, 5.74) is 7.45. The van der Waals surface area contributed by atoms with E-state index in [1.165, 1.54) is 58.1 Å². The van der Waals surface area contributed by atoms with E-state index >= 15 is 0 Å². The highest BCUT2D eigenvalue weighted by Gasteiger charge is 2.18. The van der Waals surface area contributed by atoms with Gasteiger partial charge in [-0.15, -0.1) is 11.3 Å². The van der Waals surface area contributed by atoms with Gasteiger partial charge in [-0.25, -0.2) is 15.0 Å². The summed E-state index contributed by atoms with van der Waals surface area (Å²) in [6.07, 6.45) is 0. The van der Waals surface area contributed by atoms with Crippen LogP contribution in [-0.4, -0.2) is 15.0 Å². The molecule has 9 aromatic carbocycles. The molecule has 2 heterocycles. The van der Waals surface area contributed by atoms with Crippen LogP contribution in [0.25, 0.3) is 109 Å². The van der Waals surface area contributed by atoms with E-state index in [1.54, 1.807) is 11.3 Å². The van der Waals surface area contributed by atoms with Crippen molar-refractivity contribution < 1.29 is 0 Å². The third kappa shape index (κ3) is 5.46. The molecule has 0 fully saturated rings. The van der Waals surface area contributed by atoms with Crippen LogP contribution in [0.1, 0.15) is 0 Å². The number of benzene rings is 9. The first-order valence-corrected chi connectivity index (χ1v) is 19.3. The summed E-state index contributed by atoms with van der Waals surface area (Å²) < 4.78 is 2.42. The summed E-state index contributed by atoms with van der Waals surface area (Å²) in [5.74, 6) is 1.94. The van der Waals surface area contributed by atoms with Gasteiger partial charge in [0.15, 0.2) is 17.5 Å². The smallest absolute Gasteiger partial charge is 0.165 e. The van der Waals surface area contributed by atoms with Gasteiger partial charge in [0.1, 0.15) is 0 Å². The Morgan fingerprint density at radius 1 is 0.291 bits per heavy atom. The van der Waals surface area contributed by atoms with Crippen molar-refractivity contribution in [2.24, 2.45) is 0 Å². The maximum atomic E-state index is 5.27. The van der Waals surface area contributed by atoms with Crippen molar-refractivity contribution in [1.29, 1.82) is 0 Å². The Morgan fingerprint density at radius 3 is 1.67 bits per heavy atom. The maximum absolute atomic E-state index is 5.27. The average Bonchev–Trinajstić information content (AvgIpc) is 3.65. The molecule has 4 heteroatoms. The fourth-order valence-corrected chi connectivity index (χ4v) is 9.22. The van der Waals surface area contributed by atoms with Gasteiger partial charge in [0.05, 0.1) is 0 Å². The van der Waals surface area contributed by atoms with Crippen LogP contribution in [0.15, 0.2) is 188 Å². The molecule has 2 aromatic heterocycles. The van der Waals surface area contributed by atoms with E-state index in [0.29, 0.717) is 17.5 Å². The number of nitrogens with zero attached hydrogens (tertiary/aromatic N) is 3. The summed E-state index contributed by atoms with van der Waals surface area (Å²) >= 11 is 1.79. The normalized spacial score (nSPS) is 11.6. The van der Waals surface area contributed by atoms with Crippen LogP contribution >= 0.6 is 11.3 Å². The SMILES string of the molecule is c1cc(-c2ccc3ccccc3c2)cc(-c2nc(-c3cccc(-c4cc5ccccc5c5ccccc45)c3)nc(-c3cccc4c3sc3ccccc34)n2)c1. The molecule has 0 bridgehead atoms. The van der Waals surface area contributed by atoms with Gasteiger partial charge in [-0.05, 0) is 91.0 Å². The third-order valence-corrected chi connectivity index (χ3v) is 11.9. The van der Waals surface area contributed by atoms with Crippen molar-refractivity contribution in [3.05, 3.63) is 188 Å². The molecule has 3 nitrogen and oxygen atoms in total. The maximum Gasteiger partial charge on any atom is 0.165 e. The van der Waals surface area contributed by atoms with E-state index in [2.05, 4.69) is 188 Å². The fraction of sp³-hybridized carbons (Fsp3) is 0. The summed E-state index contributed by atoms with van der Waals surface area (Å²) in [7, 11) is 0. The van der Waals surface area contributed by atoms with Gasteiger partial charge in [0.2, 0.25) is 0 Å². The van der Waals surface area contributed by atoms with Crippen LogP contribution < -0.4 is 0 Å². The van der Waals surface area contributed by atoms with Crippen molar-refractivity contribution in [2.75, 3.05) is 0 Å². The number of hydrogen-bond acceptors (Lipinski definition) is 4. The Balaban J connectivity index is 1.11. The van der Waals surface area contributed by atoms with Crippen LogP contribution in [0.2, 0.25) is 0 Å². The van der Waals surface area contributed by atoms with E-state index in [-0.39, 0.29) is 0 Å². The van der Waals surface area contributed by atoms with Crippen molar-refractivity contribution in [3.63, 3.8) is 0 Å². The topological polar surface area (TPSA) is 38.7 Å². The lowest BCUT2D eigenvalue weighted by atomic mass is 9.92. The lowest BCUT2D eigenvalue weighted by molar-refractivity contribution is 1.08. The molecule has 0 spiro atoms. The van der Waals surface area contributed by atoms with Gasteiger partial charge >= 0.3 is 0 Å². The van der Waals surface area contributed by atoms with Crippen molar-refractivity contribution in [3.8, 4) is 56.4 Å². The highest BCUT2D eigenvalue weighted by atomic mass is 32.1. The van der Waals surface area contributed by atoms with Gasteiger partial charge < -0.3 is 0 Å². The van der Waals surface area contributed by atoms with Gasteiger partial charge in [-0.2, -0.15) is 0 Å². The van der Waals surface area contributed by atoms with Gasteiger partial charge in [-0.3, -0.25) is 0 Å². The third-order valence-electron chi connectivity index (χ3n) is 10.7. The molecule has 256 valence electrons. The zero-order chi connectivity index (χ0) is 36.3. The second-order valence-corrected chi connectivity index (χ2v) is 15.1. The minimum absolute atomic E-state index is 0.640. The molecule has 0 aliphatic carbocycles.